The SMILES string of the molecule is CCCCOc1ccc(/N=N/c2ccc(NCCNc3ccc(/N=N/c4ccc(OCCCC)cc4O)cc3)cc2)c(O)c1. The summed E-state index contributed by atoms with van der Waals surface area (Å²) in [6, 6.07) is 25.2. The van der Waals surface area contributed by atoms with Gasteiger partial charge in [-0.15, -0.1) is 10.2 Å². The molecule has 0 aromatic heterocycles. The summed E-state index contributed by atoms with van der Waals surface area (Å²) in [6.07, 6.45) is 4.03. The molecule has 0 spiro atoms. The fraction of sp³-hybridized carbons (Fsp3) is 0.294. The van der Waals surface area contributed by atoms with Crippen molar-refractivity contribution in [3.8, 4) is 23.0 Å². The van der Waals surface area contributed by atoms with Crippen LogP contribution in [0.15, 0.2) is 105 Å². The molecule has 4 rings (SSSR count). The number of anilines is 2. The lowest BCUT2D eigenvalue weighted by molar-refractivity contribution is 0.307. The number of ether oxygens (including phenoxy) is 2. The van der Waals surface area contributed by atoms with Gasteiger partial charge in [-0.2, -0.15) is 10.2 Å². The van der Waals surface area contributed by atoms with Gasteiger partial charge in [0, 0.05) is 36.6 Å². The first-order chi connectivity index (χ1) is 21.5. The Hall–Kier alpha value is -5.12. The minimum atomic E-state index is 0.0300. The topological polar surface area (TPSA) is 132 Å². The van der Waals surface area contributed by atoms with Crippen molar-refractivity contribution in [3.63, 3.8) is 0 Å². The number of azo groups is 2. The van der Waals surface area contributed by atoms with Gasteiger partial charge in [0.15, 0.2) is 0 Å². The highest BCUT2D eigenvalue weighted by Crippen LogP contribution is 2.33. The molecule has 44 heavy (non-hydrogen) atoms. The Kier molecular flexibility index (Phi) is 12.4. The van der Waals surface area contributed by atoms with E-state index >= 15 is 0 Å². The van der Waals surface area contributed by atoms with Crippen LogP contribution in [0.1, 0.15) is 39.5 Å². The third-order valence-corrected chi connectivity index (χ3v) is 6.49. The standard InChI is InChI=1S/C34H40N6O4/c1-3-5-21-43-29-15-17-31(33(41)23-29)39-37-27-11-7-25(8-12-27)35-19-20-36-26-9-13-28(14-10-26)38-40-32-18-16-30(24-34(32)42)44-22-6-4-2/h7-18,23-24,35-36,41-42H,3-6,19-22H2,1-2H3/b39-37+,40-38+. The Balaban J connectivity index is 1.18. The van der Waals surface area contributed by atoms with Crippen LogP contribution in [-0.4, -0.2) is 36.5 Å². The summed E-state index contributed by atoms with van der Waals surface area (Å²) in [5.74, 6) is 1.29. The van der Waals surface area contributed by atoms with Crippen LogP contribution in [0.2, 0.25) is 0 Å². The smallest absolute Gasteiger partial charge is 0.146 e. The highest BCUT2D eigenvalue weighted by Gasteiger charge is 2.05. The maximum Gasteiger partial charge on any atom is 0.146 e. The molecule has 10 nitrogen and oxygen atoms in total. The van der Waals surface area contributed by atoms with Gasteiger partial charge in [0.25, 0.3) is 0 Å². The van der Waals surface area contributed by atoms with Crippen LogP contribution in [0.3, 0.4) is 0 Å². The van der Waals surface area contributed by atoms with Gasteiger partial charge in [0.1, 0.15) is 34.4 Å². The van der Waals surface area contributed by atoms with Crippen LogP contribution in [-0.2, 0) is 0 Å². The molecule has 0 atom stereocenters. The predicted octanol–water partition coefficient (Wildman–Crippen LogP) is 9.81. The zero-order valence-electron chi connectivity index (χ0n) is 25.2. The molecule has 0 heterocycles. The van der Waals surface area contributed by atoms with Crippen LogP contribution in [0, 0.1) is 0 Å². The van der Waals surface area contributed by atoms with Gasteiger partial charge in [-0.05, 0) is 85.6 Å². The first-order valence-corrected chi connectivity index (χ1v) is 15.0. The number of hydrogen-bond donors (Lipinski definition) is 4. The number of rotatable bonds is 17. The minimum Gasteiger partial charge on any atom is -0.505 e. The third-order valence-electron chi connectivity index (χ3n) is 6.49. The lowest BCUT2D eigenvalue weighted by Gasteiger charge is -2.09. The number of hydrogen-bond acceptors (Lipinski definition) is 10. The molecule has 4 aromatic carbocycles. The van der Waals surface area contributed by atoms with E-state index in [9.17, 15) is 10.2 Å². The number of phenols is 2. The molecule has 4 N–H and O–H groups in total. The maximum absolute atomic E-state index is 10.2. The normalized spacial score (nSPS) is 11.2. The predicted molar refractivity (Wildman–Crippen MR) is 175 cm³/mol. The number of aromatic hydroxyl groups is 2. The number of nitrogens with zero attached hydrogens (tertiary/aromatic N) is 4. The van der Waals surface area contributed by atoms with E-state index in [0.29, 0.717) is 60.6 Å². The molecule has 0 radical (unpaired) electrons. The highest BCUT2D eigenvalue weighted by molar-refractivity contribution is 5.57. The van der Waals surface area contributed by atoms with E-state index in [1.54, 1.807) is 36.4 Å². The summed E-state index contributed by atoms with van der Waals surface area (Å²) >= 11 is 0. The molecule has 0 unspecified atom stereocenters. The minimum absolute atomic E-state index is 0.0300. The molecule has 230 valence electrons. The van der Waals surface area contributed by atoms with E-state index in [0.717, 1.165) is 37.1 Å². The molecule has 10 heteroatoms. The number of nitrogens with one attached hydrogen (secondary N) is 2. The zero-order chi connectivity index (χ0) is 31.0. The van der Waals surface area contributed by atoms with E-state index in [4.69, 9.17) is 9.47 Å². The molecule has 0 saturated heterocycles. The molecule has 0 amide bonds. The van der Waals surface area contributed by atoms with Gasteiger partial charge < -0.3 is 30.3 Å². The monoisotopic (exact) mass is 596 g/mol. The van der Waals surface area contributed by atoms with Crippen molar-refractivity contribution in [1.82, 2.24) is 0 Å². The summed E-state index contributed by atoms with van der Waals surface area (Å²) in [5.41, 5.74) is 4.04. The van der Waals surface area contributed by atoms with Gasteiger partial charge in [-0.1, -0.05) is 26.7 Å². The molecule has 0 aliphatic carbocycles. The molecule has 0 aliphatic heterocycles. The second-order valence-corrected chi connectivity index (χ2v) is 10.1. The Morgan fingerprint density at radius 1 is 0.545 bits per heavy atom. The number of benzene rings is 4. The van der Waals surface area contributed by atoms with Crippen molar-refractivity contribution < 1.29 is 19.7 Å². The molecule has 0 bridgehead atoms. The Bertz CT molecular complexity index is 1390. The van der Waals surface area contributed by atoms with Crippen LogP contribution in [0.4, 0.5) is 34.1 Å². The highest BCUT2D eigenvalue weighted by atomic mass is 16.5. The average Bonchev–Trinajstić information content (AvgIpc) is 3.04. The van der Waals surface area contributed by atoms with E-state index in [1.807, 2.05) is 48.5 Å². The van der Waals surface area contributed by atoms with Crippen molar-refractivity contribution >= 4 is 34.1 Å². The Labute approximate surface area is 258 Å². The van der Waals surface area contributed by atoms with Crippen molar-refractivity contribution in [3.05, 3.63) is 84.9 Å². The first-order valence-electron chi connectivity index (χ1n) is 15.0. The molecule has 0 fully saturated rings. The Morgan fingerprint density at radius 3 is 1.32 bits per heavy atom. The first kappa shape index (κ1) is 31.8. The van der Waals surface area contributed by atoms with Crippen LogP contribution >= 0.6 is 0 Å². The lowest BCUT2D eigenvalue weighted by atomic mass is 10.2. The van der Waals surface area contributed by atoms with Crippen LogP contribution < -0.4 is 20.1 Å². The number of unbranched alkanes of at least 4 members (excludes halogenated alkanes) is 2. The van der Waals surface area contributed by atoms with Gasteiger partial charge >= 0.3 is 0 Å². The summed E-state index contributed by atoms with van der Waals surface area (Å²) in [6.45, 7) is 6.86. The number of phenolic OH excluding ortho intramolecular Hbond substituents is 2. The van der Waals surface area contributed by atoms with Crippen molar-refractivity contribution in [1.29, 1.82) is 0 Å². The average molecular weight is 597 g/mol. The summed E-state index contributed by atoms with van der Waals surface area (Å²) in [5, 5.41) is 44.0. The zero-order valence-corrected chi connectivity index (χ0v) is 25.2. The second kappa shape index (κ2) is 17.1. The van der Waals surface area contributed by atoms with E-state index in [1.165, 1.54) is 0 Å². The third kappa shape index (κ3) is 10.3. The molecular weight excluding hydrogens is 556 g/mol. The Morgan fingerprint density at radius 2 is 0.955 bits per heavy atom. The van der Waals surface area contributed by atoms with Crippen molar-refractivity contribution in [2.24, 2.45) is 20.5 Å². The second-order valence-electron chi connectivity index (χ2n) is 10.1. The van der Waals surface area contributed by atoms with E-state index in [-0.39, 0.29) is 11.5 Å². The van der Waals surface area contributed by atoms with Gasteiger partial charge in [0.05, 0.1) is 24.6 Å². The van der Waals surface area contributed by atoms with Crippen molar-refractivity contribution in [2.75, 3.05) is 36.9 Å². The van der Waals surface area contributed by atoms with E-state index in [2.05, 4.69) is 44.9 Å². The molecule has 0 aliphatic rings. The molecule has 4 aromatic rings. The molecule has 0 saturated carbocycles. The van der Waals surface area contributed by atoms with Gasteiger partial charge in [-0.25, -0.2) is 0 Å². The fourth-order valence-electron chi connectivity index (χ4n) is 3.95. The van der Waals surface area contributed by atoms with Crippen LogP contribution in [0.5, 0.6) is 23.0 Å². The van der Waals surface area contributed by atoms with Gasteiger partial charge in [0.2, 0.25) is 0 Å². The van der Waals surface area contributed by atoms with Gasteiger partial charge in [-0.3, -0.25) is 0 Å². The van der Waals surface area contributed by atoms with E-state index < -0.39 is 0 Å². The van der Waals surface area contributed by atoms with Crippen molar-refractivity contribution in [2.45, 2.75) is 39.5 Å². The fourth-order valence-corrected chi connectivity index (χ4v) is 3.95. The summed E-state index contributed by atoms with van der Waals surface area (Å²) in [7, 11) is 0. The largest absolute Gasteiger partial charge is 0.505 e. The lowest BCUT2D eigenvalue weighted by Crippen LogP contribution is -2.13. The summed E-state index contributed by atoms with van der Waals surface area (Å²) in [4.78, 5) is 0. The quantitative estimate of drug-likeness (QED) is 0.0708. The van der Waals surface area contributed by atoms with Crippen LogP contribution in [0.25, 0.3) is 0 Å². The maximum atomic E-state index is 10.2. The summed E-state index contributed by atoms with van der Waals surface area (Å²) < 4.78 is 11.2. The molecular formula is C34H40N6O4.